The van der Waals surface area contributed by atoms with Crippen molar-refractivity contribution in [3.63, 3.8) is 0 Å². The lowest BCUT2D eigenvalue weighted by Crippen LogP contribution is -2.31. The molecular formula is C22H22N6O3. The molecule has 0 radical (unpaired) electrons. The van der Waals surface area contributed by atoms with E-state index in [9.17, 15) is 9.59 Å². The molecule has 31 heavy (non-hydrogen) atoms. The molecule has 2 atom stereocenters. The predicted octanol–water partition coefficient (Wildman–Crippen LogP) is 1.88. The molecule has 3 aromatic rings. The fourth-order valence-electron chi connectivity index (χ4n) is 4.37. The van der Waals surface area contributed by atoms with Crippen LogP contribution in [-0.2, 0) is 13.0 Å². The maximum atomic E-state index is 12.8. The van der Waals surface area contributed by atoms with Gasteiger partial charge in [0.05, 0.1) is 7.11 Å². The average Bonchev–Trinajstić information content (AvgIpc) is 3.41. The van der Waals surface area contributed by atoms with E-state index in [-0.39, 0.29) is 17.7 Å². The van der Waals surface area contributed by atoms with Crippen LogP contribution >= 0.6 is 0 Å². The van der Waals surface area contributed by atoms with Gasteiger partial charge in [-0.05, 0) is 48.2 Å². The Morgan fingerprint density at radius 1 is 1.03 bits per heavy atom. The number of hydrogen-bond donors (Lipinski definition) is 1. The largest absolute Gasteiger partial charge is 0.497 e. The number of pyridine rings is 1. The summed E-state index contributed by atoms with van der Waals surface area (Å²) in [4.78, 5) is 31.6. The number of nitrogens with one attached hydrogen (secondary N) is 1. The van der Waals surface area contributed by atoms with Crippen LogP contribution in [0.5, 0.6) is 5.75 Å². The van der Waals surface area contributed by atoms with Gasteiger partial charge in [0.1, 0.15) is 17.3 Å². The van der Waals surface area contributed by atoms with Crippen molar-refractivity contribution in [2.75, 3.05) is 25.5 Å². The van der Waals surface area contributed by atoms with Crippen molar-refractivity contribution in [2.24, 2.45) is 11.8 Å². The zero-order valence-corrected chi connectivity index (χ0v) is 17.1. The molecule has 1 fully saturated rings. The number of rotatable bonds is 4. The van der Waals surface area contributed by atoms with E-state index in [1.54, 1.807) is 49.7 Å². The number of carbonyl (C=O) groups is 2. The van der Waals surface area contributed by atoms with Gasteiger partial charge in [-0.15, -0.1) is 10.2 Å². The Balaban J connectivity index is 1.29. The van der Waals surface area contributed by atoms with Crippen molar-refractivity contribution in [3.8, 4) is 5.75 Å². The lowest BCUT2D eigenvalue weighted by atomic mass is 9.89. The Morgan fingerprint density at radius 3 is 2.58 bits per heavy atom. The predicted molar refractivity (Wildman–Crippen MR) is 112 cm³/mol. The number of methoxy groups -OCH3 is 1. The summed E-state index contributed by atoms with van der Waals surface area (Å²) in [6.07, 6.45) is 2.32. The Morgan fingerprint density at radius 2 is 1.84 bits per heavy atom. The van der Waals surface area contributed by atoms with Gasteiger partial charge < -0.3 is 19.5 Å². The number of amides is 2. The SMILES string of the molecule is COc1ccc(NC(=O)c2nnc3n2C[C@@H]2CN(C(=O)c4ccccn4)C[C@@H]2C3)cc1. The molecule has 0 aliphatic carbocycles. The maximum Gasteiger partial charge on any atom is 0.293 e. The Labute approximate surface area is 179 Å². The first-order valence-electron chi connectivity index (χ1n) is 10.2. The van der Waals surface area contributed by atoms with Crippen molar-refractivity contribution < 1.29 is 14.3 Å². The standard InChI is InChI=1S/C22H22N6O3/c1-31-17-7-5-16(6-8-17)24-21(29)20-26-25-19-10-14-11-27(12-15(14)13-28(19)20)22(30)18-4-2-3-9-23-18/h2-9,14-15H,10-13H2,1H3,(H,24,29)/t14-,15-/m0/s1. The van der Waals surface area contributed by atoms with Crippen molar-refractivity contribution >= 4 is 17.5 Å². The minimum Gasteiger partial charge on any atom is -0.497 e. The second kappa shape index (κ2) is 7.82. The van der Waals surface area contributed by atoms with Crippen molar-refractivity contribution in [1.29, 1.82) is 0 Å². The number of ether oxygens (including phenoxy) is 1. The van der Waals surface area contributed by atoms with Gasteiger partial charge in [0, 0.05) is 37.9 Å². The quantitative estimate of drug-likeness (QED) is 0.694. The summed E-state index contributed by atoms with van der Waals surface area (Å²) >= 11 is 0. The Kier molecular flexibility index (Phi) is 4.85. The smallest absolute Gasteiger partial charge is 0.293 e. The third-order valence-corrected chi connectivity index (χ3v) is 5.99. The summed E-state index contributed by atoms with van der Waals surface area (Å²) in [5, 5.41) is 11.3. The molecule has 5 rings (SSSR count). The lowest BCUT2D eigenvalue weighted by molar-refractivity contribution is 0.0777. The summed E-state index contributed by atoms with van der Waals surface area (Å²) in [6.45, 7) is 1.92. The molecule has 1 N–H and O–H groups in total. The van der Waals surface area contributed by atoms with E-state index in [1.165, 1.54) is 0 Å². The van der Waals surface area contributed by atoms with Gasteiger partial charge in [-0.1, -0.05) is 6.07 Å². The Hall–Kier alpha value is -3.75. The lowest BCUT2D eigenvalue weighted by Gasteiger charge is -2.25. The summed E-state index contributed by atoms with van der Waals surface area (Å²) < 4.78 is 7.03. The normalized spacial score (nSPS) is 19.5. The van der Waals surface area contributed by atoms with Crippen LogP contribution in [0.4, 0.5) is 5.69 Å². The van der Waals surface area contributed by atoms with E-state index in [0.717, 1.165) is 11.6 Å². The van der Waals surface area contributed by atoms with Crippen molar-refractivity contribution in [2.45, 2.75) is 13.0 Å². The fraction of sp³-hybridized carbons (Fsp3) is 0.318. The van der Waals surface area contributed by atoms with Gasteiger partial charge in [0.2, 0.25) is 5.82 Å². The zero-order valence-electron chi connectivity index (χ0n) is 17.1. The van der Waals surface area contributed by atoms with Crippen LogP contribution in [0.1, 0.15) is 26.9 Å². The van der Waals surface area contributed by atoms with Crippen LogP contribution in [-0.4, -0.2) is 56.7 Å². The van der Waals surface area contributed by atoms with Crippen LogP contribution < -0.4 is 10.1 Å². The van der Waals surface area contributed by atoms with Crippen LogP contribution in [0.3, 0.4) is 0 Å². The summed E-state index contributed by atoms with van der Waals surface area (Å²) in [6, 6.07) is 12.5. The second-order valence-corrected chi connectivity index (χ2v) is 7.88. The molecule has 158 valence electrons. The highest BCUT2D eigenvalue weighted by atomic mass is 16.5. The van der Waals surface area contributed by atoms with Gasteiger partial charge in [-0.25, -0.2) is 0 Å². The number of aromatic nitrogens is 4. The van der Waals surface area contributed by atoms with Gasteiger partial charge in [0.15, 0.2) is 0 Å². The first-order chi connectivity index (χ1) is 15.1. The fourth-order valence-corrected chi connectivity index (χ4v) is 4.37. The number of likely N-dealkylation sites (tertiary alicyclic amines) is 1. The molecule has 9 heteroatoms. The summed E-state index contributed by atoms with van der Waals surface area (Å²) in [5.74, 6) is 2.00. The summed E-state index contributed by atoms with van der Waals surface area (Å²) in [5.41, 5.74) is 1.12. The van der Waals surface area contributed by atoms with E-state index < -0.39 is 0 Å². The summed E-state index contributed by atoms with van der Waals surface area (Å²) in [7, 11) is 1.59. The van der Waals surface area contributed by atoms with Gasteiger partial charge in [-0.3, -0.25) is 14.6 Å². The van der Waals surface area contributed by atoms with Crippen LogP contribution in [0.15, 0.2) is 48.7 Å². The van der Waals surface area contributed by atoms with Crippen LogP contribution in [0.2, 0.25) is 0 Å². The highest BCUT2D eigenvalue weighted by Crippen LogP contribution is 2.33. The number of nitrogens with zero attached hydrogens (tertiary/aromatic N) is 5. The molecule has 2 aromatic heterocycles. The number of hydrogen-bond acceptors (Lipinski definition) is 6. The number of benzene rings is 1. The average molecular weight is 418 g/mol. The Bertz CT molecular complexity index is 1110. The van der Waals surface area contributed by atoms with E-state index in [1.807, 2.05) is 15.5 Å². The number of anilines is 1. The third-order valence-electron chi connectivity index (χ3n) is 5.99. The van der Waals surface area contributed by atoms with Crippen molar-refractivity contribution in [1.82, 2.24) is 24.6 Å². The highest BCUT2D eigenvalue weighted by Gasteiger charge is 2.41. The molecule has 0 spiro atoms. The maximum absolute atomic E-state index is 12.8. The second-order valence-electron chi connectivity index (χ2n) is 7.88. The van der Waals surface area contributed by atoms with E-state index in [2.05, 4.69) is 20.5 Å². The molecule has 0 bridgehead atoms. The van der Waals surface area contributed by atoms with Crippen LogP contribution in [0, 0.1) is 11.8 Å². The molecule has 9 nitrogen and oxygen atoms in total. The van der Waals surface area contributed by atoms with Gasteiger partial charge >= 0.3 is 0 Å². The van der Waals surface area contributed by atoms with Crippen LogP contribution in [0.25, 0.3) is 0 Å². The first kappa shape index (κ1) is 19.2. The van der Waals surface area contributed by atoms with Crippen molar-refractivity contribution in [3.05, 3.63) is 66.0 Å². The molecule has 2 aliphatic rings. The topological polar surface area (TPSA) is 102 Å². The van der Waals surface area contributed by atoms with Gasteiger partial charge in [0.25, 0.3) is 11.8 Å². The minimum absolute atomic E-state index is 0.0526. The van der Waals surface area contributed by atoms with E-state index in [0.29, 0.717) is 49.2 Å². The zero-order chi connectivity index (χ0) is 21.4. The molecule has 0 unspecified atom stereocenters. The molecule has 2 amide bonds. The molecular weight excluding hydrogens is 396 g/mol. The molecule has 1 saturated heterocycles. The number of carbonyl (C=O) groups excluding carboxylic acids is 2. The monoisotopic (exact) mass is 418 g/mol. The molecule has 2 aliphatic heterocycles. The highest BCUT2D eigenvalue weighted by molar-refractivity contribution is 6.01. The molecule has 4 heterocycles. The van der Waals surface area contributed by atoms with E-state index in [4.69, 9.17) is 4.74 Å². The minimum atomic E-state index is -0.304. The third kappa shape index (κ3) is 3.63. The number of fused-ring (bicyclic) bond motifs is 2. The van der Waals surface area contributed by atoms with E-state index >= 15 is 0 Å². The molecule has 0 saturated carbocycles. The molecule has 1 aromatic carbocycles. The van der Waals surface area contributed by atoms with Gasteiger partial charge in [-0.2, -0.15) is 0 Å². The first-order valence-corrected chi connectivity index (χ1v) is 10.2.